The second kappa shape index (κ2) is 6.95. The molecule has 0 saturated heterocycles. The third kappa shape index (κ3) is 4.69. The van der Waals surface area contributed by atoms with E-state index < -0.39 is 0 Å². The van der Waals surface area contributed by atoms with Crippen LogP contribution in [0.3, 0.4) is 0 Å². The Balaban J connectivity index is 1.89. The van der Waals surface area contributed by atoms with Crippen LogP contribution < -0.4 is 11.1 Å². The summed E-state index contributed by atoms with van der Waals surface area (Å²) < 4.78 is 0. The molecule has 20 heavy (non-hydrogen) atoms. The number of hydrogen-bond acceptors (Lipinski definition) is 3. The van der Waals surface area contributed by atoms with Crippen molar-refractivity contribution >= 4 is 28.9 Å². The van der Waals surface area contributed by atoms with Crippen molar-refractivity contribution in [1.82, 2.24) is 4.90 Å². The molecule has 110 valence electrons. The zero-order valence-electron chi connectivity index (χ0n) is 11.9. The van der Waals surface area contributed by atoms with Gasteiger partial charge >= 0.3 is 0 Å². The quantitative estimate of drug-likeness (QED) is 0.760. The van der Waals surface area contributed by atoms with Crippen LogP contribution in [-0.4, -0.2) is 30.4 Å². The fraction of sp³-hybridized carbons (Fsp3) is 0.533. The first-order valence-corrected chi connectivity index (χ1v) is 7.53. The maximum atomic E-state index is 12.1. The summed E-state index contributed by atoms with van der Waals surface area (Å²) in [6.45, 7) is 4.54. The van der Waals surface area contributed by atoms with Crippen LogP contribution in [0.2, 0.25) is 5.02 Å². The van der Waals surface area contributed by atoms with Gasteiger partial charge in [-0.3, -0.25) is 9.69 Å². The Hall–Kier alpha value is -1.26. The molecule has 0 bridgehead atoms. The van der Waals surface area contributed by atoms with Crippen LogP contribution >= 0.6 is 11.6 Å². The molecule has 1 aromatic carbocycles. The summed E-state index contributed by atoms with van der Waals surface area (Å²) in [6, 6.07) is 5.10. The number of carbonyl (C=O) groups excluding carboxylic acids is 1. The van der Waals surface area contributed by atoms with E-state index in [9.17, 15) is 4.79 Å². The van der Waals surface area contributed by atoms with E-state index in [2.05, 4.69) is 17.1 Å². The molecule has 3 N–H and O–H groups in total. The van der Waals surface area contributed by atoms with E-state index in [1.807, 2.05) is 0 Å². The van der Waals surface area contributed by atoms with Crippen molar-refractivity contribution in [3.05, 3.63) is 23.2 Å². The number of anilines is 2. The van der Waals surface area contributed by atoms with E-state index in [1.54, 1.807) is 18.2 Å². The first-order valence-electron chi connectivity index (χ1n) is 7.15. The molecule has 0 aromatic heterocycles. The van der Waals surface area contributed by atoms with Gasteiger partial charge in [0.25, 0.3) is 0 Å². The molecule has 0 radical (unpaired) electrons. The molecule has 4 nitrogen and oxygen atoms in total. The molecule has 1 amide bonds. The smallest absolute Gasteiger partial charge is 0.238 e. The van der Waals surface area contributed by atoms with Gasteiger partial charge in [-0.2, -0.15) is 0 Å². The first kappa shape index (κ1) is 15.1. The molecular formula is C15H22ClN3O. The molecule has 1 aliphatic carbocycles. The predicted octanol–water partition coefficient (Wildman–Crippen LogP) is 2.98. The molecule has 0 unspecified atom stereocenters. The minimum absolute atomic E-state index is 0.0203. The van der Waals surface area contributed by atoms with Crippen molar-refractivity contribution in [2.75, 3.05) is 30.7 Å². The maximum absolute atomic E-state index is 12.1. The van der Waals surface area contributed by atoms with E-state index in [-0.39, 0.29) is 5.91 Å². The van der Waals surface area contributed by atoms with Gasteiger partial charge in [-0.1, -0.05) is 18.5 Å². The third-order valence-electron chi connectivity index (χ3n) is 3.41. The van der Waals surface area contributed by atoms with Gasteiger partial charge in [-0.05, 0) is 49.9 Å². The fourth-order valence-corrected chi connectivity index (χ4v) is 2.44. The van der Waals surface area contributed by atoms with E-state index in [0.29, 0.717) is 22.9 Å². The van der Waals surface area contributed by atoms with Crippen molar-refractivity contribution in [3.63, 3.8) is 0 Å². The minimum Gasteiger partial charge on any atom is -0.397 e. The van der Waals surface area contributed by atoms with E-state index in [1.165, 1.54) is 12.8 Å². The molecule has 0 spiro atoms. The van der Waals surface area contributed by atoms with Gasteiger partial charge in [0.15, 0.2) is 0 Å². The van der Waals surface area contributed by atoms with Crippen LogP contribution in [0, 0.1) is 5.92 Å². The Bertz CT molecular complexity index is 474. The second-order valence-corrected chi connectivity index (χ2v) is 5.89. The van der Waals surface area contributed by atoms with E-state index >= 15 is 0 Å². The Morgan fingerprint density at radius 3 is 2.85 bits per heavy atom. The highest BCUT2D eigenvalue weighted by Crippen LogP contribution is 2.29. The maximum Gasteiger partial charge on any atom is 0.238 e. The topological polar surface area (TPSA) is 58.4 Å². The van der Waals surface area contributed by atoms with Crippen LogP contribution in [0.15, 0.2) is 18.2 Å². The minimum atomic E-state index is -0.0203. The molecule has 0 atom stereocenters. The van der Waals surface area contributed by atoms with Crippen LogP contribution in [0.1, 0.15) is 26.2 Å². The lowest BCUT2D eigenvalue weighted by Crippen LogP contribution is -2.35. The molecule has 1 aliphatic rings. The van der Waals surface area contributed by atoms with Gasteiger partial charge in [-0.25, -0.2) is 0 Å². The SMILES string of the molecule is CCCN(CC(=O)Nc1ccc(Cl)cc1N)CC1CC1. The van der Waals surface area contributed by atoms with Crippen molar-refractivity contribution in [3.8, 4) is 0 Å². The van der Waals surface area contributed by atoms with E-state index in [4.69, 9.17) is 17.3 Å². The highest BCUT2D eigenvalue weighted by Gasteiger charge is 2.24. The number of nitrogens with one attached hydrogen (secondary N) is 1. The van der Waals surface area contributed by atoms with Crippen molar-refractivity contribution < 1.29 is 4.79 Å². The van der Waals surface area contributed by atoms with Crippen molar-refractivity contribution in [2.45, 2.75) is 26.2 Å². The third-order valence-corrected chi connectivity index (χ3v) is 3.64. The number of carbonyl (C=O) groups is 1. The lowest BCUT2D eigenvalue weighted by atomic mass is 10.2. The number of halogens is 1. The van der Waals surface area contributed by atoms with E-state index in [0.717, 1.165) is 25.4 Å². The Morgan fingerprint density at radius 2 is 2.25 bits per heavy atom. The molecule has 1 aromatic rings. The highest BCUT2D eigenvalue weighted by molar-refractivity contribution is 6.31. The average Bonchev–Trinajstić information content (AvgIpc) is 3.17. The number of hydrogen-bond donors (Lipinski definition) is 2. The number of rotatable bonds is 7. The van der Waals surface area contributed by atoms with Gasteiger partial charge in [0, 0.05) is 11.6 Å². The monoisotopic (exact) mass is 295 g/mol. The standard InChI is InChI=1S/C15H22ClN3O/c1-2-7-19(9-11-3-4-11)10-15(20)18-14-6-5-12(16)8-13(14)17/h5-6,8,11H,2-4,7,9-10,17H2,1H3,(H,18,20). The Labute approximate surface area is 125 Å². The Kier molecular flexibility index (Phi) is 5.26. The number of nitrogen functional groups attached to an aromatic ring is 1. The normalized spacial score (nSPS) is 14.6. The Morgan fingerprint density at radius 1 is 1.50 bits per heavy atom. The number of benzene rings is 1. The summed E-state index contributed by atoms with van der Waals surface area (Å²) in [6.07, 6.45) is 3.65. The van der Waals surface area contributed by atoms with Crippen LogP contribution in [-0.2, 0) is 4.79 Å². The molecule has 5 heteroatoms. The van der Waals surface area contributed by atoms with Gasteiger partial charge in [0.05, 0.1) is 17.9 Å². The van der Waals surface area contributed by atoms with Crippen LogP contribution in [0.4, 0.5) is 11.4 Å². The lowest BCUT2D eigenvalue weighted by molar-refractivity contribution is -0.117. The zero-order valence-corrected chi connectivity index (χ0v) is 12.6. The molecule has 0 heterocycles. The first-order chi connectivity index (χ1) is 9.58. The second-order valence-electron chi connectivity index (χ2n) is 5.46. The number of amides is 1. The van der Waals surface area contributed by atoms with Crippen LogP contribution in [0.25, 0.3) is 0 Å². The molecule has 1 saturated carbocycles. The summed E-state index contributed by atoms with van der Waals surface area (Å²) in [5.74, 6) is 0.767. The zero-order chi connectivity index (χ0) is 14.5. The number of nitrogens with two attached hydrogens (primary N) is 1. The summed E-state index contributed by atoms with van der Waals surface area (Å²) in [5, 5.41) is 3.43. The van der Waals surface area contributed by atoms with Crippen molar-refractivity contribution in [1.29, 1.82) is 0 Å². The fourth-order valence-electron chi connectivity index (χ4n) is 2.26. The molecule has 2 rings (SSSR count). The van der Waals surface area contributed by atoms with Crippen molar-refractivity contribution in [2.24, 2.45) is 5.92 Å². The summed E-state index contributed by atoms with van der Waals surface area (Å²) >= 11 is 5.84. The van der Waals surface area contributed by atoms with Gasteiger partial charge in [-0.15, -0.1) is 0 Å². The average molecular weight is 296 g/mol. The molecule has 1 fully saturated rings. The highest BCUT2D eigenvalue weighted by atomic mass is 35.5. The summed E-state index contributed by atoms with van der Waals surface area (Å²) in [7, 11) is 0. The molecular weight excluding hydrogens is 274 g/mol. The molecule has 0 aliphatic heterocycles. The van der Waals surface area contributed by atoms with Gasteiger partial charge in [0.1, 0.15) is 0 Å². The predicted molar refractivity (Wildman–Crippen MR) is 83.9 cm³/mol. The largest absolute Gasteiger partial charge is 0.397 e. The van der Waals surface area contributed by atoms with Crippen LogP contribution in [0.5, 0.6) is 0 Å². The number of nitrogens with zero attached hydrogens (tertiary/aromatic N) is 1. The summed E-state index contributed by atoms with van der Waals surface area (Å²) in [4.78, 5) is 14.3. The van der Waals surface area contributed by atoms with Gasteiger partial charge < -0.3 is 11.1 Å². The van der Waals surface area contributed by atoms with Gasteiger partial charge in [0.2, 0.25) is 5.91 Å². The summed E-state index contributed by atoms with van der Waals surface area (Å²) in [5.41, 5.74) is 6.96. The lowest BCUT2D eigenvalue weighted by Gasteiger charge is -2.21.